The van der Waals surface area contributed by atoms with E-state index in [1.54, 1.807) is 0 Å². The SMILES string of the molecule is c1ccc2c(c1)sc1c(-c3sc(-c4cccc5c4sc4ccccc45)c4c5ccncc5c5cnccc5c34)cccc12. The zero-order valence-corrected chi connectivity index (χ0v) is 25.1. The second-order valence-electron chi connectivity index (χ2n) is 10.9. The Kier molecular flexibility index (Phi) is 4.94. The van der Waals surface area contributed by atoms with E-state index in [0.29, 0.717) is 0 Å². The Morgan fingerprint density at radius 2 is 0.837 bits per heavy atom. The Balaban J connectivity index is 1.43. The molecule has 0 bridgehead atoms. The predicted molar refractivity (Wildman–Crippen MR) is 189 cm³/mol. The van der Waals surface area contributed by atoms with Gasteiger partial charge in [-0.2, -0.15) is 0 Å². The minimum atomic E-state index is 1.15. The Morgan fingerprint density at radius 1 is 0.372 bits per heavy atom. The van der Waals surface area contributed by atoms with Gasteiger partial charge in [0.15, 0.2) is 0 Å². The van der Waals surface area contributed by atoms with E-state index in [1.807, 2.05) is 58.8 Å². The lowest BCUT2D eigenvalue weighted by atomic mass is 9.94. The normalized spacial score (nSPS) is 12.2. The second-order valence-corrected chi connectivity index (χ2v) is 14.0. The van der Waals surface area contributed by atoms with E-state index in [9.17, 15) is 0 Å². The van der Waals surface area contributed by atoms with Crippen LogP contribution in [0.2, 0.25) is 0 Å². The summed E-state index contributed by atoms with van der Waals surface area (Å²) in [5.41, 5.74) is 2.60. The maximum absolute atomic E-state index is 4.56. The highest BCUT2D eigenvalue weighted by atomic mass is 32.1. The van der Waals surface area contributed by atoms with Crippen molar-refractivity contribution in [3.63, 3.8) is 0 Å². The van der Waals surface area contributed by atoms with Gasteiger partial charge in [0.2, 0.25) is 0 Å². The quantitative estimate of drug-likeness (QED) is 0.184. The monoisotopic (exact) mass is 600 g/mol. The number of aromatic nitrogens is 2. The fourth-order valence-electron chi connectivity index (χ4n) is 6.83. The lowest BCUT2D eigenvalue weighted by Crippen LogP contribution is -1.85. The van der Waals surface area contributed by atoms with Gasteiger partial charge in [0.05, 0.1) is 0 Å². The van der Waals surface area contributed by atoms with Gasteiger partial charge in [-0.1, -0.05) is 72.8 Å². The predicted octanol–water partition coefficient (Wildman–Crippen LogP) is 12.1. The minimum absolute atomic E-state index is 1.15. The van der Waals surface area contributed by atoms with Gasteiger partial charge in [-0.15, -0.1) is 34.0 Å². The topological polar surface area (TPSA) is 25.8 Å². The van der Waals surface area contributed by atoms with Crippen molar-refractivity contribution in [1.29, 1.82) is 0 Å². The van der Waals surface area contributed by atoms with E-state index in [-0.39, 0.29) is 0 Å². The van der Waals surface area contributed by atoms with Crippen molar-refractivity contribution in [2.45, 2.75) is 0 Å². The summed E-state index contributed by atoms with van der Waals surface area (Å²) in [5.74, 6) is 0. The van der Waals surface area contributed by atoms with Crippen molar-refractivity contribution in [1.82, 2.24) is 9.97 Å². The summed E-state index contributed by atoms with van der Waals surface area (Å²) in [5, 5.41) is 12.6. The van der Waals surface area contributed by atoms with Crippen LogP contribution in [-0.4, -0.2) is 9.97 Å². The molecule has 0 aliphatic carbocycles. The van der Waals surface area contributed by atoms with Crippen molar-refractivity contribution in [3.05, 3.63) is 122 Å². The van der Waals surface area contributed by atoms with Crippen LogP contribution < -0.4 is 0 Å². The van der Waals surface area contributed by atoms with E-state index in [0.717, 1.165) is 10.8 Å². The Bertz CT molecular complexity index is 2560. The highest BCUT2D eigenvalue weighted by Gasteiger charge is 2.24. The molecule has 0 N–H and O–H groups in total. The number of rotatable bonds is 2. The van der Waals surface area contributed by atoms with Gasteiger partial charge in [0.1, 0.15) is 0 Å². The molecule has 10 aromatic rings. The number of hydrogen-bond acceptors (Lipinski definition) is 5. The van der Waals surface area contributed by atoms with Crippen molar-refractivity contribution < 1.29 is 0 Å². The van der Waals surface area contributed by atoms with Crippen LogP contribution in [0.15, 0.2) is 122 Å². The highest BCUT2D eigenvalue weighted by Crippen LogP contribution is 2.54. The molecule has 0 spiro atoms. The molecule has 5 aromatic carbocycles. The average Bonchev–Trinajstić information content (AvgIpc) is 3.77. The number of pyridine rings is 2. The molecular weight excluding hydrogens is 581 g/mol. The molecule has 43 heavy (non-hydrogen) atoms. The van der Waals surface area contributed by atoms with Gasteiger partial charge in [0.25, 0.3) is 0 Å². The molecule has 5 aromatic heterocycles. The maximum Gasteiger partial charge on any atom is 0.0448 e. The Hall–Kier alpha value is -4.68. The molecule has 0 radical (unpaired) electrons. The number of fused-ring (bicyclic) bond motifs is 12. The Labute approximate surface area is 258 Å². The van der Waals surface area contributed by atoms with Crippen LogP contribution in [0.3, 0.4) is 0 Å². The molecule has 2 nitrogen and oxygen atoms in total. The number of thiophene rings is 3. The summed E-state index contributed by atoms with van der Waals surface area (Å²) in [6.07, 6.45) is 7.87. The van der Waals surface area contributed by atoms with Gasteiger partial charge in [-0.3, -0.25) is 9.97 Å². The molecule has 0 aliphatic rings. The molecule has 0 aliphatic heterocycles. The van der Waals surface area contributed by atoms with Gasteiger partial charge in [-0.25, -0.2) is 0 Å². The minimum Gasteiger partial charge on any atom is -0.264 e. The summed E-state index contributed by atoms with van der Waals surface area (Å²) in [6, 6.07) is 35.6. The molecule has 0 atom stereocenters. The van der Waals surface area contributed by atoms with Gasteiger partial charge < -0.3 is 0 Å². The lowest BCUT2D eigenvalue weighted by Gasteiger charge is -2.10. The van der Waals surface area contributed by atoms with Crippen molar-refractivity contribution >= 4 is 107 Å². The summed E-state index contributed by atoms with van der Waals surface area (Å²) >= 11 is 5.73. The molecule has 0 saturated heterocycles. The highest BCUT2D eigenvalue weighted by molar-refractivity contribution is 7.28. The largest absolute Gasteiger partial charge is 0.264 e. The summed E-state index contributed by atoms with van der Waals surface area (Å²) < 4.78 is 5.34. The average molecular weight is 601 g/mol. The molecule has 200 valence electrons. The molecule has 0 unspecified atom stereocenters. The summed E-state index contributed by atoms with van der Waals surface area (Å²) in [7, 11) is 0. The van der Waals surface area contributed by atoms with E-state index in [2.05, 4.69) is 107 Å². The van der Waals surface area contributed by atoms with Gasteiger partial charge in [0, 0.05) is 108 Å². The van der Waals surface area contributed by atoms with E-state index in [4.69, 9.17) is 0 Å². The standard InChI is InChI=1S/C38H20N2S3/c1-3-13-31-21(7-1)25-9-5-11-27(35(25)41-31)37-33-23-15-17-39-19-29(23)30-20-40-18-16-24(30)34(33)38(43-37)28-12-6-10-26-22-8-2-4-14-32(22)42-36(26)28/h1-20H. The number of hydrogen-bond donors (Lipinski definition) is 0. The van der Waals surface area contributed by atoms with Crippen LogP contribution >= 0.6 is 34.0 Å². The Morgan fingerprint density at radius 3 is 1.35 bits per heavy atom. The molecule has 0 amide bonds. The number of nitrogens with zero attached hydrogens (tertiary/aromatic N) is 2. The fraction of sp³-hybridized carbons (Fsp3) is 0. The molecular formula is C38H20N2S3. The van der Waals surface area contributed by atoms with Crippen LogP contribution in [0, 0.1) is 0 Å². The first kappa shape index (κ1) is 23.8. The second kappa shape index (κ2) is 8.91. The zero-order chi connectivity index (χ0) is 28.1. The van der Waals surface area contributed by atoms with Crippen LogP contribution in [0.1, 0.15) is 0 Å². The van der Waals surface area contributed by atoms with Crippen LogP contribution in [0.4, 0.5) is 0 Å². The van der Waals surface area contributed by atoms with E-state index < -0.39 is 0 Å². The molecule has 0 saturated carbocycles. The third-order valence-corrected chi connectivity index (χ3v) is 12.4. The third-order valence-electron chi connectivity index (χ3n) is 8.68. The van der Waals surface area contributed by atoms with Crippen LogP contribution in [0.25, 0.3) is 93.5 Å². The van der Waals surface area contributed by atoms with Crippen molar-refractivity contribution in [2.24, 2.45) is 0 Å². The van der Waals surface area contributed by atoms with Crippen LogP contribution in [0.5, 0.6) is 0 Å². The molecule has 5 heterocycles. The molecule has 5 heteroatoms. The van der Waals surface area contributed by atoms with E-state index in [1.165, 1.54) is 82.8 Å². The van der Waals surface area contributed by atoms with Crippen LogP contribution in [-0.2, 0) is 0 Å². The smallest absolute Gasteiger partial charge is 0.0448 e. The fourth-order valence-corrected chi connectivity index (χ4v) is 10.8. The van der Waals surface area contributed by atoms with Gasteiger partial charge >= 0.3 is 0 Å². The maximum atomic E-state index is 4.56. The molecule has 10 rings (SSSR count). The third kappa shape index (κ3) is 3.27. The first-order chi connectivity index (χ1) is 21.3. The number of benzene rings is 5. The van der Waals surface area contributed by atoms with Crippen molar-refractivity contribution in [2.75, 3.05) is 0 Å². The first-order valence-corrected chi connectivity index (χ1v) is 16.7. The van der Waals surface area contributed by atoms with Gasteiger partial charge in [-0.05, 0) is 35.0 Å². The molecule has 0 fully saturated rings. The van der Waals surface area contributed by atoms with E-state index >= 15 is 0 Å². The first-order valence-electron chi connectivity index (χ1n) is 14.2. The zero-order valence-electron chi connectivity index (χ0n) is 22.7. The summed E-state index contributed by atoms with van der Waals surface area (Å²) in [6.45, 7) is 0. The van der Waals surface area contributed by atoms with Crippen molar-refractivity contribution in [3.8, 4) is 20.9 Å². The lowest BCUT2D eigenvalue weighted by molar-refractivity contribution is 1.35. The summed E-state index contributed by atoms with van der Waals surface area (Å²) in [4.78, 5) is 11.8.